The van der Waals surface area contributed by atoms with Gasteiger partial charge in [0.05, 0.1) is 23.6 Å². The topological polar surface area (TPSA) is 93.2 Å². The number of hydrogen-bond acceptors (Lipinski definition) is 5. The van der Waals surface area contributed by atoms with Gasteiger partial charge in [-0.05, 0) is 41.9 Å². The van der Waals surface area contributed by atoms with Crippen molar-refractivity contribution in [2.45, 2.75) is 25.8 Å². The average Bonchev–Trinajstić information content (AvgIpc) is 2.76. The molecule has 8 heteroatoms. The molecule has 3 rings (SSSR count). The van der Waals surface area contributed by atoms with Crippen LogP contribution in [0.4, 0.5) is 0 Å². The molecule has 1 amide bonds. The number of ether oxygens (including phenoxy) is 1. The van der Waals surface area contributed by atoms with E-state index in [1.165, 1.54) is 23.8 Å². The summed E-state index contributed by atoms with van der Waals surface area (Å²) in [5.41, 5.74) is 1.61. The van der Waals surface area contributed by atoms with Crippen LogP contribution in [0.25, 0.3) is 10.9 Å². The molecule has 1 aromatic heterocycles. The zero-order valence-corrected chi connectivity index (χ0v) is 17.6. The van der Waals surface area contributed by atoms with Crippen LogP contribution in [0.15, 0.2) is 53.3 Å². The van der Waals surface area contributed by atoms with Crippen LogP contribution in [0.3, 0.4) is 0 Å². The molecule has 2 aromatic carbocycles. The number of nitrogens with one attached hydrogen (secondary N) is 2. The van der Waals surface area contributed by atoms with Gasteiger partial charge in [-0.1, -0.05) is 37.3 Å². The van der Waals surface area contributed by atoms with Gasteiger partial charge in [-0.25, -0.2) is 4.79 Å². The highest BCUT2D eigenvalue weighted by molar-refractivity contribution is 7.71. The number of carbonyl (C=O) groups excluding carboxylic acids is 2. The van der Waals surface area contributed by atoms with Gasteiger partial charge in [0.15, 0.2) is 4.77 Å². The van der Waals surface area contributed by atoms with E-state index in [-0.39, 0.29) is 35.1 Å². The van der Waals surface area contributed by atoms with Crippen LogP contribution in [-0.2, 0) is 16.1 Å². The summed E-state index contributed by atoms with van der Waals surface area (Å²) in [6.45, 7) is 2.72. The van der Waals surface area contributed by atoms with Crippen molar-refractivity contribution < 1.29 is 14.3 Å². The molecule has 30 heavy (non-hydrogen) atoms. The Morgan fingerprint density at radius 1 is 1.20 bits per heavy atom. The molecule has 0 radical (unpaired) electrons. The smallest absolute Gasteiger partial charge is 0.337 e. The van der Waals surface area contributed by atoms with Crippen LogP contribution in [0.5, 0.6) is 0 Å². The van der Waals surface area contributed by atoms with Crippen LogP contribution in [-0.4, -0.2) is 35.1 Å². The fourth-order valence-electron chi connectivity index (χ4n) is 3.17. The van der Waals surface area contributed by atoms with Crippen molar-refractivity contribution in [3.8, 4) is 0 Å². The lowest BCUT2D eigenvalue weighted by Crippen LogP contribution is -2.30. The van der Waals surface area contributed by atoms with Crippen LogP contribution in [0, 0.1) is 4.77 Å². The number of methoxy groups -OCH3 is 1. The number of nitrogens with zero attached hydrogens (tertiary/aromatic N) is 1. The van der Waals surface area contributed by atoms with Crippen LogP contribution < -0.4 is 10.9 Å². The molecular weight excluding hydrogens is 402 g/mol. The molecule has 2 N–H and O–H groups in total. The number of aromatic nitrogens is 2. The fraction of sp³-hybridized carbons (Fsp3) is 0.273. The summed E-state index contributed by atoms with van der Waals surface area (Å²) in [5.74, 6) is -0.465. The molecule has 0 saturated carbocycles. The van der Waals surface area contributed by atoms with E-state index in [0.29, 0.717) is 23.0 Å². The minimum absolute atomic E-state index is 0.130. The molecule has 1 unspecified atom stereocenters. The van der Waals surface area contributed by atoms with E-state index in [2.05, 4.69) is 10.3 Å². The second-order valence-electron chi connectivity index (χ2n) is 7.00. The zero-order chi connectivity index (χ0) is 21.7. The predicted octanol–water partition coefficient (Wildman–Crippen LogP) is 3.16. The van der Waals surface area contributed by atoms with Gasteiger partial charge < -0.3 is 15.0 Å². The number of H-pyrrole nitrogens is 1. The van der Waals surface area contributed by atoms with Crippen molar-refractivity contribution in [3.63, 3.8) is 0 Å². The van der Waals surface area contributed by atoms with Gasteiger partial charge in [-0.15, -0.1) is 0 Å². The molecule has 0 aliphatic rings. The number of carbonyl (C=O) groups is 2. The van der Waals surface area contributed by atoms with Gasteiger partial charge in [0.1, 0.15) is 0 Å². The maximum atomic E-state index is 12.8. The first kappa shape index (κ1) is 21.4. The quantitative estimate of drug-likeness (QED) is 0.448. The standard InChI is InChI=1S/C22H23N3O4S/c1-14(15-6-4-3-5-7-15)13-23-19(26)10-11-25-20(27)17-9-8-16(21(28)29-2)12-18(17)24-22(25)30/h3-9,12,14H,10-11,13H2,1-2H3,(H,23,26)(H,24,30). The van der Waals surface area contributed by atoms with Crippen molar-refractivity contribution in [1.29, 1.82) is 0 Å². The third-order valence-corrected chi connectivity index (χ3v) is 5.26. The fourth-order valence-corrected chi connectivity index (χ4v) is 3.45. The molecule has 7 nitrogen and oxygen atoms in total. The summed E-state index contributed by atoms with van der Waals surface area (Å²) in [6, 6.07) is 14.5. The van der Waals surface area contributed by atoms with Crippen LogP contribution in [0.2, 0.25) is 0 Å². The van der Waals surface area contributed by atoms with E-state index in [4.69, 9.17) is 17.0 Å². The summed E-state index contributed by atoms with van der Waals surface area (Å²) in [5, 5.41) is 3.29. The number of benzene rings is 2. The Morgan fingerprint density at radius 3 is 2.63 bits per heavy atom. The maximum absolute atomic E-state index is 12.8. The maximum Gasteiger partial charge on any atom is 0.337 e. The SMILES string of the molecule is COC(=O)c1ccc2c(=O)n(CCC(=O)NCC(C)c3ccccc3)c(=S)[nH]c2c1. The minimum atomic E-state index is -0.498. The first-order valence-electron chi connectivity index (χ1n) is 9.57. The molecule has 0 saturated heterocycles. The van der Waals surface area contributed by atoms with Gasteiger partial charge in [-0.3, -0.25) is 14.2 Å². The number of amides is 1. The third kappa shape index (κ3) is 4.83. The molecule has 0 spiro atoms. The molecule has 0 bridgehead atoms. The molecule has 0 fully saturated rings. The molecular formula is C22H23N3O4S. The Morgan fingerprint density at radius 2 is 1.93 bits per heavy atom. The third-order valence-electron chi connectivity index (χ3n) is 4.94. The van der Waals surface area contributed by atoms with Gasteiger partial charge in [0, 0.05) is 19.5 Å². The second kappa shape index (κ2) is 9.49. The monoisotopic (exact) mass is 425 g/mol. The molecule has 3 aromatic rings. The first-order chi connectivity index (χ1) is 14.4. The van der Waals surface area contributed by atoms with E-state index in [0.717, 1.165) is 5.56 Å². The van der Waals surface area contributed by atoms with Gasteiger partial charge in [0.2, 0.25) is 5.91 Å². The van der Waals surface area contributed by atoms with Crippen LogP contribution in [0.1, 0.15) is 35.2 Å². The highest BCUT2D eigenvalue weighted by atomic mass is 32.1. The Labute approximate surface area is 178 Å². The lowest BCUT2D eigenvalue weighted by atomic mass is 10.0. The Bertz CT molecular complexity index is 1180. The Hall–Kier alpha value is -3.26. The number of aromatic amines is 1. The van der Waals surface area contributed by atoms with Crippen molar-refractivity contribution in [2.75, 3.05) is 13.7 Å². The van der Waals surface area contributed by atoms with Gasteiger partial charge >= 0.3 is 5.97 Å². The molecule has 1 heterocycles. The van der Waals surface area contributed by atoms with E-state index < -0.39 is 5.97 Å². The summed E-state index contributed by atoms with van der Waals surface area (Å²) in [4.78, 5) is 39.7. The summed E-state index contributed by atoms with van der Waals surface area (Å²) in [6.07, 6.45) is 0.130. The van der Waals surface area contributed by atoms with Crippen molar-refractivity contribution in [3.05, 3.63) is 74.8 Å². The van der Waals surface area contributed by atoms with Crippen molar-refractivity contribution >= 4 is 35.0 Å². The van der Waals surface area contributed by atoms with E-state index >= 15 is 0 Å². The number of esters is 1. The van der Waals surface area contributed by atoms with E-state index in [9.17, 15) is 14.4 Å². The number of rotatable bonds is 7. The Balaban J connectivity index is 1.68. The van der Waals surface area contributed by atoms with E-state index in [1.807, 2.05) is 37.3 Å². The van der Waals surface area contributed by atoms with Gasteiger partial charge in [0.25, 0.3) is 5.56 Å². The number of hydrogen-bond donors (Lipinski definition) is 2. The van der Waals surface area contributed by atoms with Gasteiger partial charge in [-0.2, -0.15) is 0 Å². The van der Waals surface area contributed by atoms with Crippen LogP contribution >= 0.6 is 12.2 Å². The number of fused-ring (bicyclic) bond motifs is 1. The Kier molecular flexibility index (Phi) is 6.79. The first-order valence-corrected chi connectivity index (χ1v) is 9.98. The predicted molar refractivity (Wildman–Crippen MR) is 117 cm³/mol. The van der Waals surface area contributed by atoms with Crippen molar-refractivity contribution in [1.82, 2.24) is 14.9 Å². The molecule has 0 aliphatic carbocycles. The highest BCUT2D eigenvalue weighted by Gasteiger charge is 2.12. The summed E-state index contributed by atoms with van der Waals surface area (Å²) in [7, 11) is 1.29. The largest absolute Gasteiger partial charge is 0.465 e. The normalized spacial score (nSPS) is 11.8. The lowest BCUT2D eigenvalue weighted by Gasteiger charge is -2.13. The lowest BCUT2D eigenvalue weighted by molar-refractivity contribution is -0.121. The summed E-state index contributed by atoms with van der Waals surface area (Å²) >= 11 is 5.29. The van der Waals surface area contributed by atoms with Crippen molar-refractivity contribution in [2.24, 2.45) is 0 Å². The highest BCUT2D eigenvalue weighted by Crippen LogP contribution is 2.14. The second-order valence-corrected chi connectivity index (χ2v) is 7.39. The zero-order valence-electron chi connectivity index (χ0n) is 16.8. The van der Waals surface area contributed by atoms with E-state index in [1.54, 1.807) is 6.07 Å². The minimum Gasteiger partial charge on any atom is -0.465 e. The molecule has 156 valence electrons. The average molecular weight is 426 g/mol. The summed E-state index contributed by atoms with van der Waals surface area (Å²) < 4.78 is 6.25. The molecule has 0 aliphatic heterocycles. The molecule has 1 atom stereocenters.